The van der Waals surface area contributed by atoms with E-state index in [1.165, 1.54) is 12.1 Å². The highest BCUT2D eigenvalue weighted by atomic mass is 19.4. The normalized spacial score (nSPS) is 11.7. The predicted molar refractivity (Wildman–Crippen MR) is 79.0 cm³/mol. The van der Waals surface area contributed by atoms with Crippen LogP contribution in [0, 0.1) is 6.92 Å². The van der Waals surface area contributed by atoms with Gasteiger partial charge in [0.25, 0.3) is 0 Å². The van der Waals surface area contributed by atoms with Crippen LogP contribution in [-0.4, -0.2) is 6.54 Å². The van der Waals surface area contributed by atoms with Gasteiger partial charge in [0, 0.05) is 6.54 Å². The van der Waals surface area contributed by atoms with Crippen LogP contribution >= 0.6 is 0 Å². The maximum Gasteiger partial charge on any atom is 0.416 e. The van der Waals surface area contributed by atoms with Crippen LogP contribution in [0.5, 0.6) is 0 Å². The molecule has 2 aromatic carbocycles. The third-order valence-corrected chi connectivity index (χ3v) is 3.38. The quantitative estimate of drug-likeness (QED) is 0.854. The lowest BCUT2D eigenvalue weighted by Crippen LogP contribution is -2.11. The molecule has 4 heteroatoms. The standard InChI is InChI=1S/C17H18F3N/c1-3-21-11-13-8-7-12(2)16(9-13)14-5-4-6-15(10-14)17(18,19)20/h4-10,21H,3,11H2,1-2H3. The fourth-order valence-corrected chi connectivity index (χ4v) is 2.22. The molecule has 0 aliphatic heterocycles. The third-order valence-electron chi connectivity index (χ3n) is 3.38. The minimum atomic E-state index is -4.31. The molecule has 2 aromatic rings. The zero-order valence-corrected chi connectivity index (χ0v) is 12.1. The van der Waals surface area contributed by atoms with Crippen molar-refractivity contribution in [2.24, 2.45) is 0 Å². The fourth-order valence-electron chi connectivity index (χ4n) is 2.22. The van der Waals surface area contributed by atoms with E-state index in [-0.39, 0.29) is 0 Å². The molecule has 0 saturated heterocycles. The molecule has 0 aromatic heterocycles. The van der Waals surface area contributed by atoms with E-state index in [4.69, 9.17) is 0 Å². The zero-order chi connectivity index (χ0) is 15.5. The Balaban J connectivity index is 2.41. The Labute approximate surface area is 122 Å². The van der Waals surface area contributed by atoms with Gasteiger partial charge in [-0.3, -0.25) is 0 Å². The van der Waals surface area contributed by atoms with E-state index in [9.17, 15) is 13.2 Å². The summed E-state index contributed by atoms with van der Waals surface area (Å²) in [6.07, 6.45) is -4.31. The van der Waals surface area contributed by atoms with Crippen LogP contribution in [0.1, 0.15) is 23.6 Å². The number of hydrogen-bond donors (Lipinski definition) is 1. The molecule has 0 unspecified atom stereocenters. The molecule has 0 radical (unpaired) electrons. The van der Waals surface area contributed by atoms with Crippen molar-refractivity contribution in [1.29, 1.82) is 0 Å². The molecule has 0 atom stereocenters. The molecular formula is C17H18F3N. The summed E-state index contributed by atoms with van der Waals surface area (Å²) in [5.41, 5.74) is 2.86. The van der Waals surface area contributed by atoms with Crippen LogP contribution < -0.4 is 5.32 Å². The van der Waals surface area contributed by atoms with Gasteiger partial charge < -0.3 is 5.32 Å². The average molecular weight is 293 g/mol. The van der Waals surface area contributed by atoms with Crippen LogP contribution in [-0.2, 0) is 12.7 Å². The maximum atomic E-state index is 12.8. The Morgan fingerprint density at radius 3 is 2.48 bits per heavy atom. The lowest BCUT2D eigenvalue weighted by atomic mass is 9.96. The van der Waals surface area contributed by atoms with Gasteiger partial charge in [-0.15, -0.1) is 0 Å². The predicted octanol–water partition coefficient (Wildman–Crippen LogP) is 4.79. The van der Waals surface area contributed by atoms with Gasteiger partial charge in [-0.05, 0) is 53.9 Å². The Bertz CT molecular complexity index is 618. The van der Waals surface area contributed by atoms with E-state index < -0.39 is 11.7 Å². The number of alkyl halides is 3. The molecule has 0 heterocycles. The average Bonchev–Trinajstić information content (AvgIpc) is 2.45. The van der Waals surface area contributed by atoms with Gasteiger partial charge in [0.05, 0.1) is 5.56 Å². The highest BCUT2D eigenvalue weighted by molar-refractivity contribution is 5.68. The van der Waals surface area contributed by atoms with Gasteiger partial charge in [-0.25, -0.2) is 0 Å². The first-order chi connectivity index (χ1) is 9.91. The smallest absolute Gasteiger partial charge is 0.313 e. The van der Waals surface area contributed by atoms with E-state index in [0.29, 0.717) is 12.1 Å². The summed E-state index contributed by atoms with van der Waals surface area (Å²) < 4.78 is 38.5. The summed E-state index contributed by atoms with van der Waals surface area (Å²) in [5, 5.41) is 3.22. The molecule has 0 amide bonds. The minimum Gasteiger partial charge on any atom is -0.313 e. The van der Waals surface area contributed by atoms with Crippen LogP contribution in [0.2, 0.25) is 0 Å². The van der Waals surface area contributed by atoms with E-state index in [1.54, 1.807) is 6.07 Å². The van der Waals surface area contributed by atoms with E-state index in [2.05, 4.69) is 5.32 Å². The molecule has 0 aliphatic carbocycles. The van der Waals surface area contributed by atoms with E-state index >= 15 is 0 Å². The Hall–Kier alpha value is -1.81. The van der Waals surface area contributed by atoms with Gasteiger partial charge in [-0.1, -0.05) is 31.2 Å². The number of halogens is 3. The van der Waals surface area contributed by atoms with Gasteiger partial charge in [0.1, 0.15) is 0 Å². The second-order valence-corrected chi connectivity index (χ2v) is 5.01. The topological polar surface area (TPSA) is 12.0 Å². The summed E-state index contributed by atoms with van der Waals surface area (Å²) in [6.45, 7) is 5.49. The molecular weight excluding hydrogens is 275 g/mol. The summed E-state index contributed by atoms with van der Waals surface area (Å²) in [4.78, 5) is 0. The third kappa shape index (κ3) is 3.85. The second-order valence-electron chi connectivity index (χ2n) is 5.01. The first-order valence-corrected chi connectivity index (χ1v) is 6.89. The molecule has 0 spiro atoms. The van der Waals surface area contributed by atoms with Crippen molar-refractivity contribution in [3.05, 3.63) is 59.2 Å². The monoisotopic (exact) mass is 293 g/mol. The molecule has 1 nitrogen and oxygen atoms in total. The number of nitrogens with one attached hydrogen (secondary N) is 1. The fraction of sp³-hybridized carbons (Fsp3) is 0.294. The summed E-state index contributed by atoms with van der Waals surface area (Å²) in [6, 6.07) is 11.4. The Morgan fingerprint density at radius 2 is 1.81 bits per heavy atom. The number of benzene rings is 2. The summed E-state index contributed by atoms with van der Waals surface area (Å²) >= 11 is 0. The highest BCUT2D eigenvalue weighted by Crippen LogP contribution is 2.33. The van der Waals surface area contributed by atoms with Gasteiger partial charge in [-0.2, -0.15) is 13.2 Å². The number of hydrogen-bond acceptors (Lipinski definition) is 1. The van der Waals surface area contributed by atoms with Crippen molar-refractivity contribution in [3.63, 3.8) is 0 Å². The highest BCUT2D eigenvalue weighted by Gasteiger charge is 2.30. The molecule has 0 bridgehead atoms. The van der Waals surface area contributed by atoms with Crippen LogP contribution in [0.4, 0.5) is 13.2 Å². The zero-order valence-electron chi connectivity index (χ0n) is 12.1. The van der Waals surface area contributed by atoms with Gasteiger partial charge >= 0.3 is 6.18 Å². The van der Waals surface area contributed by atoms with Crippen LogP contribution in [0.15, 0.2) is 42.5 Å². The van der Waals surface area contributed by atoms with E-state index in [1.807, 2.05) is 32.0 Å². The van der Waals surface area contributed by atoms with Crippen LogP contribution in [0.25, 0.3) is 11.1 Å². The number of rotatable bonds is 4. The Morgan fingerprint density at radius 1 is 1.05 bits per heavy atom. The summed E-state index contributed by atoms with van der Waals surface area (Å²) in [5.74, 6) is 0. The SMILES string of the molecule is CCNCc1ccc(C)c(-c2cccc(C(F)(F)F)c2)c1. The van der Waals surface area contributed by atoms with Gasteiger partial charge in [0.15, 0.2) is 0 Å². The molecule has 0 saturated carbocycles. The maximum absolute atomic E-state index is 12.8. The van der Waals surface area contributed by atoms with Crippen molar-refractivity contribution in [1.82, 2.24) is 5.32 Å². The van der Waals surface area contributed by atoms with Crippen molar-refractivity contribution in [3.8, 4) is 11.1 Å². The van der Waals surface area contributed by atoms with E-state index in [0.717, 1.165) is 29.3 Å². The van der Waals surface area contributed by atoms with Gasteiger partial charge in [0.2, 0.25) is 0 Å². The molecule has 112 valence electrons. The second kappa shape index (κ2) is 6.31. The molecule has 1 N–H and O–H groups in total. The van der Waals surface area contributed by atoms with Crippen molar-refractivity contribution in [2.75, 3.05) is 6.54 Å². The first kappa shape index (κ1) is 15.6. The first-order valence-electron chi connectivity index (χ1n) is 6.89. The lowest BCUT2D eigenvalue weighted by Gasteiger charge is -2.12. The van der Waals surface area contributed by atoms with Crippen molar-refractivity contribution >= 4 is 0 Å². The molecule has 0 aliphatic rings. The molecule has 2 rings (SSSR count). The van der Waals surface area contributed by atoms with Crippen molar-refractivity contribution in [2.45, 2.75) is 26.6 Å². The summed E-state index contributed by atoms with van der Waals surface area (Å²) in [7, 11) is 0. The minimum absolute atomic E-state index is 0.598. The van der Waals surface area contributed by atoms with Crippen molar-refractivity contribution < 1.29 is 13.2 Å². The number of aryl methyl sites for hydroxylation is 1. The Kier molecular flexibility index (Phi) is 4.68. The largest absolute Gasteiger partial charge is 0.416 e. The molecule has 21 heavy (non-hydrogen) atoms. The lowest BCUT2D eigenvalue weighted by molar-refractivity contribution is -0.137. The molecule has 0 fully saturated rings. The van der Waals surface area contributed by atoms with Crippen LogP contribution in [0.3, 0.4) is 0 Å².